The summed E-state index contributed by atoms with van der Waals surface area (Å²) in [5.74, 6) is -0.00795. The Balaban J connectivity index is 2.50. The Bertz CT molecular complexity index is 512. The number of carbonyl (C=O) groups is 2. The van der Waals surface area contributed by atoms with Gasteiger partial charge in [-0.1, -0.05) is 19.9 Å². The summed E-state index contributed by atoms with van der Waals surface area (Å²) in [6.45, 7) is 10.3. The van der Waals surface area contributed by atoms with Crippen LogP contribution in [0.4, 0.5) is 10.5 Å². The topological polar surface area (TPSA) is 70.2 Å². The molecule has 0 heterocycles. The third kappa shape index (κ3) is 5.85. The van der Waals surface area contributed by atoms with Gasteiger partial charge in [-0.2, -0.15) is 0 Å². The number of aryl methyl sites for hydroxylation is 2. The minimum Gasteiger partial charge on any atom is -0.374 e. The van der Waals surface area contributed by atoms with E-state index in [9.17, 15) is 9.59 Å². The maximum atomic E-state index is 11.9. The molecule has 0 aliphatic carbocycles. The van der Waals surface area contributed by atoms with Crippen LogP contribution in [-0.4, -0.2) is 24.5 Å². The molecule has 0 saturated carbocycles. The van der Waals surface area contributed by atoms with Gasteiger partial charge in [-0.3, -0.25) is 10.1 Å². The van der Waals surface area contributed by atoms with Crippen molar-refractivity contribution in [3.05, 3.63) is 29.3 Å². The lowest BCUT2D eigenvalue weighted by Gasteiger charge is -2.16. The van der Waals surface area contributed by atoms with Crippen molar-refractivity contribution in [2.75, 3.05) is 11.9 Å². The van der Waals surface area contributed by atoms with Gasteiger partial charge in [0.1, 0.15) is 6.04 Å². The second kappa shape index (κ2) is 7.67. The van der Waals surface area contributed by atoms with Crippen molar-refractivity contribution in [2.45, 2.75) is 40.7 Å². The van der Waals surface area contributed by atoms with Crippen LogP contribution in [0.15, 0.2) is 18.2 Å². The lowest BCUT2D eigenvalue weighted by atomic mass is 10.1. The van der Waals surface area contributed by atoms with Crippen LogP contribution in [0.1, 0.15) is 31.9 Å². The molecule has 5 heteroatoms. The van der Waals surface area contributed by atoms with Gasteiger partial charge in [0.2, 0.25) is 5.91 Å². The monoisotopic (exact) mass is 291 g/mol. The van der Waals surface area contributed by atoms with E-state index in [-0.39, 0.29) is 5.91 Å². The standard InChI is InChI=1S/C16H25N3O2/c1-10(2)9-17-16(21)19-15(20)13(5)18-14-7-6-11(3)12(4)8-14/h6-8,10,13,18H,9H2,1-5H3,(H2,17,19,20,21). The molecule has 3 amide bonds. The zero-order chi connectivity index (χ0) is 16.0. The molecule has 1 aromatic rings. The Morgan fingerprint density at radius 3 is 2.33 bits per heavy atom. The minimum absolute atomic E-state index is 0.344. The van der Waals surface area contributed by atoms with Crippen molar-refractivity contribution in [1.82, 2.24) is 10.6 Å². The number of rotatable bonds is 5. The number of nitrogens with one attached hydrogen (secondary N) is 3. The van der Waals surface area contributed by atoms with Gasteiger partial charge in [-0.25, -0.2) is 4.79 Å². The molecule has 5 nitrogen and oxygen atoms in total. The predicted octanol–water partition coefficient (Wildman–Crippen LogP) is 2.59. The molecule has 0 aliphatic heterocycles. The summed E-state index contributed by atoms with van der Waals surface area (Å²) in [5, 5.41) is 8.07. The van der Waals surface area contributed by atoms with E-state index >= 15 is 0 Å². The van der Waals surface area contributed by atoms with Crippen molar-refractivity contribution in [2.24, 2.45) is 5.92 Å². The Morgan fingerprint density at radius 1 is 1.10 bits per heavy atom. The molecule has 3 N–H and O–H groups in total. The SMILES string of the molecule is Cc1ccc(NC(C)C(=O)NC(=O)NCC(C)C)cc1C. The minimum atomic E-state index is -0.489. The molecule has 1 rings (SSSR count). The Labute approximate surface area is 126 Å². The fourth-order valence-electron chi connectivity index (χ4n) is 1.71. The van der Waals surface area contributed by atoms with Crippen LogP contribution < -0.4 is 16.0 Å². The molecule has 21 heavy (non-hydrogen) atoms. The normalized spacial score (nSPS) is 11.9. The number of carbonyl (C=O) groups excluding carboxylic acids is 2. The van der Waals surface area contributed by atoms with Crippen molar-refractivity contribution in [1.29, 1.82) is 0 Å². The highest BCUT2D eigenvalue weighted by molar-refractivity contribution is 5.97. The van der Waals surface area contributed by atoms with E-state index in [4.69, 9.17) is 0 Å². The molecule has 0 fully saturated rings. The number of anilines is 1. The molecule has 0 radical (unpaired) electrons. The number of amides is 3. The molecule has 0 spiro atoms. The van der Waals surface area contributed by atoms with E-state index in [1.165, 1.54) is 5.56 Å². The number of hydrogen-bond donors (Lipinski definition) is 3. The van der Waals surface area contributed by atoms with E-state index < -0.39 is 12.1 Å². The molecule has 0 aliphatic rings. The Hall–Kier alpha value is -2.04. The zero-order valence-corrected chi connectivity index (χ0v) is 13.4. The van der Waals surface area contributed by atoms with Crippen molar-refractivity contribution in [3.8, 4) is 0 Å². The van der Waals surface area contributed by atoms with Crippen LogP contribution in [0, 0.1) is 19.8 Å². The van der Waals surface area contributed by atoms with Crippen molar-refractivity contribution in [3.63, 3.8) is 0 Å². The zero-order valence-electron chi connectivity index (χ0n) is 13.4. The van der Waals surface area contributed by atoms with E-state index in [0.717, 1.165) is 11.3 Å². The first-order chi connectivity index (χ1) is 9.79. The van der Waals surface area contributed by atoms with Crippen LogP contribution in [0.3, 0.4) is 0 Å². The lowest BCUT2D eigenvalue weighted by molar-refractivity contribution is -0.120. The highest BCUT2D eigenvalue weighted by Gasteiger charge is 2.15. The first-order valence-electron chi connectivity index (χ1n) is 7.22. The molecular formula is C16H25N3O2. The molecule has 0 aromatic heterocycles. The summed E-state index contributed by atoms with van der Waals surface area (Å²) in [5.41, 5.74) is 3.22. The van der Waals surface area contributed by atoms with Crippen LogP contribution in [-0.2, 0) is 4.79 Å². The molecule has 1 unspecified atom stereocenters. The van der Waals surface area contributed by atoms with Crippen LogP contribution >= 0.6 is 0 Å². The highest BCUT2D eigenvalue weighted by atomic mass is 16.2. The molecule has 0 saturated heterocycles. The molecule has 1 aromatic carbocycles. The maximum absolute atomic E-state index is 11.9. The molecule has 1 atom stereocenters. The number of benzene rings is 1. The third-order valence-electron chi connectivity index (χ3n) is 3.19. The van der Waals surface area contributed by atoms with E-state index in [1.807, 2.05) is 45.9 Å². The largest absolute Gasteiger partial charge is 0.374 e. The van der Waals surface area contributed by atoms with Gasteiger partial charge in [-0.05, 0) is 49.9 Å². The third-order valence-corrected chi connectivity index (χ3v) is 3.19. The quantitative estimate of drug-likeness (QED) is 0.781. The van der Waals surface area contributed by atoms with E-state index in [0.29, 0.717) is 12.5 Å². The fraction of sp³-hybridized carbons (Fsp3) is 0.500. The number of hydrogen-bond acceptors (Lipinski definition) is 3. The Kier molecular flexibility index (Phi) is 6.21. The van der Waals surface area contributed by atoms with Crippen LogP contribution in [0.5, 0.6) is 0 Å². The summed E-state index contributed by atoms with van der Waals surface area (Å²) in [7, 11) is 0. The summed E-state index contributed by atoms with van der Waals surface area (Å²) in [6, 6.07) is 4.96. The van der Waals surface area contributed by atoms with Gasteiger partial charge < -0.3 is 10.6 Å². The summed E-state index contributed by atoms with van der Waals surface area (Å²) in [6.07, 6.45) is 0. The average molecular weight is 291 g/mol. The predicted molar refractivity (Wildman–Crippen MR) is 85.4 cm³/mol. The van der Waals surface area contributed by atoms with Crippen molar-refractivity contribution >= 4 is 17.6 Å². The fourth-order valence-corrected chi connectivity index (χ4v) is 1.71. The van der Waals surface area contributed by atoms with Gasteiger partial charge in [0, 0.05) is 12.2 Å². The average Bonchev–Trinajstić information content (AvgIpc) is 2.40. The smallest absolute Gasteiger partial charge is 0.321 e. The Morgan fingerprint density at radius 2 is 1.76 bits per heavy atom. The van der Waals surface area contributed by atoms with Gasteiger partial charge >= 0.3 is 6.03 Å². The number of urea groups is 1. The van der Waals surface area contributed by atoms with Crippen LogP contribution in [0.25, 0.3) is 0 Å². The molecular weight excluding hydrogens is 266 g/mol. The number of imide groups is 1. The summed E-state index contributed by atoms with van der Waals surface area (Å²) < 4.78 is 0. The van der Waals surface area contributed by atoms with Gasteiger partial charge in [0.25, 0.3) is 0 Å². The maximum Gasteiger partial charge on any atom is 0.321 e. The first-order valence-corrected chi connectivity index (χ1v) is 7.22. The molecule has 116 valence electrons. The van der Waals surface area contributed by atoms with E-state index in [1.54, 1.807) is 6.92 Å². The van der Waals surface area contributed by atoms with Crippen LogP contribution in [0.2, 0.25) is 0 Å². The summed E-state index contributed by atoms with van der Waals surface area (Å²) >= 11 is 0. The second-order valence-electron chi connectivity index (χ2n) is 5.76. The first kappa shape index (κ1) is 17.0. The van der Waals surface area contributed by atoms with Crippen molar-refractivity contribution < 1.29 is 9.59 Å². The van der Waals surface area contributed by atoms with Gasteiger partial charge in [0.15, 0.2) is 0 Å². The molecule has 0 bridgehead atoms. The second-order valence-corrected chi connectivity index (χ2v) is 5.76. The lowest BCUT2D eigenvalue weighted by Crippen LogP contribution is -2.46. The van der Waals surface area contributed by atoms with Gasteiger partial charge in [-0.15, -0.1) is 0 Å². The van der Waals surface area contributed by atoms with Gasteiger partial charge in [0.05, 0.1) is 0 Å². The summed E-state index contributed by atoms with van der Waals surface area (Å²) in [4.78, 5) is 23.5. The van der Waals surface area contributed by atoms with E-state index in [2.05, 4.69) is 16.0 Å². The highest BCUT2D eigenvalue weighted by Crippen LogP contribution is 2.14.